The molecular weight excluding hydrogens is 290 g/mol. The van der Waals surface area contributed by atoms with Gasteiger partial charge in [-0.05, 0) is 18.1 Å². The van der Waals surface area contributed by atoms with Crippen LogP contribution in [0.3, 0.4) is 0 Å². The van der Waals surface area contributed by atoms with Crippen LogP contribution >= 0.6 is 11.8 Å². The average Bonchev–Trinajstić information content (AvgIpc) is 2.50. The molecule has 5 nitrogen and oxygen atoms in total. The maximum Gasteiger partial charge on any atom is 0.328 e. The van der Waals surface area contributed by atoms with Crippen LogP contribution in [-0.2, 0) is 14.3 Å². The zero-order valence-corrected chi connectivity index (χ0v) is 13.3. The number of esters is 1. The zero-order chi connectivity index (χ0) is 15.8. The van der Waals surface area contributed by atoms with Crippen molar-refractivity contribution in [1.29, 1.82) is 0 Å². The van der Waals surface area contributed by atoms with Gasteiger partial charge in [-0.15, -0.1) is 11.8 Å². The van der Waals surface area contributed by atoms with Crippen molar-refractivity contribution in [1.82, 2.24) is 5.32 Å². The number of aromatic hydroxyl groups is 1. The van der Waals surface area contributed by atoms with E-state index in [0.29, 0.717) is 4.90 Å². The number of hydrogen-bond donors (Lipinski definition) is 2. The topological polar surface area (TPSA) is 75.6 Å². The molecule has 6 heteroatoms. The third-order valence-corrected chi connectivity index (χ3v) is 4.27. The number of benzene rings is 1. The molecule has 1 amide bonds. The molecule has 1 aromatic rings. The summed E-state index contributed by atoms with van der Waals surface area (Å²) in [7, 11) is 1.31. The second-order valence-electron chi connectivity index (χ2n) is 4.71. The van der Waals surface area contributed by atoms with E-state index in [9.17, 15) is 14.7 Å². The lowest BCUT2D eigenvalue weighted by Crippen LogP contribution is -2.46. The van der Waals surface area contributed by atoms with E-state index in [0.717, 1.165) is 6.42 Å². The fraction of sp³-hybridized carbons (Fsp3) is 0.467. The molecule has 2 atom stereocenters. The van der Waals surface area contributed by atoms with Crippen LogP contribution in [0.2, 0.25) is 0 Å². The number of amides is 1. The summed E-state index contributed by atoms with van der Waals surface area (Å²) in [5, 5.41) is 12.3. The van der Waals surface area contributed by atoms with Gasteiger partial charge in [-0.25, -0.2) is 4.79 Å². The van der Waals surface area contributed by atoms with E-state index < -0.39 is 12.0 Å². The van der Waals surface area contributed by atoms with Gasteiger partial charge in [0.25, 0.3) is 0 Å². The van der Waals surface area contributed by atoms with Crippen LogP contribution in [0, 0.1) is 5.92 Å². The van der Waals surface area contributed by atoms with Crippen molar-refractivity contribution in [2.45, 2.75) is 31.2 Å². The molecule has 2 N–H and O–H groups in total. The first-order chi connectivity index (χ1) is 9.99. The van der Waals surface area contributed by atoms with Crippen molar-refractivity contribution in [2.24, 2.45) is 5.92 Å². The van der Waals surface area contributed by atoms with Crippen LogP contribution in [0.1, 0.15) is 20.3 Å². The van der Waals surface area contributed by atoms with E-state index >= 15 is 0 Å². The summed E-state index contributed by atoms with van der Waals surface area (Å²) >= 11 is 1.22. The van der Waals surface area contributed by atoms with Crippen molar-refractivity contribution < 1.29 is 19.4 Å². The highest BCUT2D eigenvalue weighted by Gasteiger charge is 2.26. The molecule has 1 rings (SSSR count). The first kappa shape index (κ1) is 17.4. The summed E-state index contributed by atoms with van der Waals surface area (Å²) in [5.74, 6) is -0.441. The Kier molecular flexibility index (Phi) is 7.08. The number of nitrogens with one attached hydrogen (secondary N) is 1. The van der Waals surface area contributed by atoms with E-state index in [2.05, 4.69) is 5.32 Å². The van der Waals surface area contributed by atoms with Gasteiger partial charge in [-0.2, -0.15) is 0 Å². The molecule has 0 bridgehead atoms. The highest BCUT2D eigenvalue weighted by molar-refractivity contribution is 8.00. The first-order valence-corrected chi connectivity index (χ1v) is 7.76. The van der Waals surface area contributed by atoms with Gasteiger partial charge in [-0.3, -0.25) is 4.79 Å². The monoisotopic (exact) mass is 311 g/mol. The third-order valence-electron chi connectivity index (χ3n) is 3.21. The largest absolute Gasteiger partial charge is 0.507 e. The van der Waals surface area contributed by atoms with Crippen LogP contribution in [0.4, 0.5) is 0 Å². The van der Waals surface area contributed by atoms with E-state index in [1.807, 2.05) is 13.8 Å². The molecule has 0 saturated carbocycles. The Morgan fingerprint density at radius 2 is 2.05 bits per heavy atom. The van der Waals surface area contributed by atoms with Crippen LogP contribution in [-0.4, -0.2) is 35.9 Å². The molecule has 1 aromatic carbocycles. The van der Waals surface area contributed by atoms with Crippen LogP contribution < -0.4 is 5.32 Å². The number of methoxy groups -OCH3 is 1. The van der Waals surface area contributed by atoms with Gasteiger partial charge in [0, 0.05) is 4.90 Å². The quantitative estimate of drug-likeness (QED) is 0.596. The van der Waals surface area contributed by atoms with Crippen molar-refractivity contribution in [3.63, 3.8) is 0 Å². The average molecular weight is 311 g/mol. The fourth-order valence-electron chi connectivity index (χ4n) is 1.73. The predicted molar refractivity (Wildman–Crippen MR) is 82.2 cm³/mol. The number of ether oxygens (including phenoxy) is 1. The number of thioether (sulfide) groups is 1. The third kappa shape index (κ3) is 5.30. The predicted octanol–water partition coefficient (Wildman–Crippen LogP) is 2.19. The number of phenolic OH excluding ortho intramolecular Hbond substituents is 1. The number of phenols is 1. The smallest absolute Gasteiger partial charge is 0.328 e. The first-order valence-electron chi connectivity index (χ1n) is 6.77. The summed E-state index contributed by atoms with van der Waals surface area (Å²) in [5.41, 5.74) is 0. The SMILES string of the molecule is CCC(C)C(NC(=O)CSc1ccccc1O)C(=O)OC. The van der Waals surface area contributed by atoms with Gasteiger partial charge in [-0.1, -0.05) is 32.4 Å². The number of hydrogen-bond acceptors (Lipinski definition) is 5. The highest BCUT2D eigenvalue weighted by Crippen LogP contribution is 2.27. The Labute approximate surface area is 129 Å². The normalized spacial score (nSPS) is 13.3. The van der Waals surface area contributed by atoms with Crippen molar-refractivity contribution in [3.05, 3.63) is 24.3 Å². The number of rotatable bonds is 7. The molecule has 0 aliphatic rings. The van der Waals surface area contributed by atoms with E-state index in [-0.39, 0.29) is 23.3 Å². The lowest BCUT2D eigenvalue weighted by Gasteiger charge is -2.21. The van der Waals surface area contributed by atoms with Gasteiger partial charge in [0.05, 0.1) is 12.9 Å². The Bertz CT molecular complexity index is 492. The number of para-hydroxylation sites is 1. The Balaban J connectivity index is 2.58. The molecule has 0 spiro atoms. The number of carbonyl (C=O) groups is 2. The Morgan fingerprint density at radius 3 is 2.62 bits per heavy atom. The lowest BCUT2D eigenvalue weighted by molar-refractivity contribution is -0.146. The minimum atomic E-state index is -0.641. The summed E-state index contributed by atoms with van der Waals surface area (Å²) in [4.78, 5) is 24.3. The maximum absolute atomic E-state index is 12.0. The van der Waals surface area contributed by atoms with E-state index in [4.69, 9.17) is 4.74 Å². The summed E-state index contributed by atoms with van der Waals surface area (Å²) in [6.07, 6.45) is 0.757. The molecule has 21 heavy (non-hydrogen) atoms. The second-order valence-corrected chi connectivity index (χ2v) is 5.73. The zero-order valence-electron chi connectivity index (χ0n) is 12.5. The number of carbonyl (C=O) groups excluding carboxylic acids is 2. The van der Waals surface area contributed by atoms with E-state index in [1.165, 1.54) is 18.9 Å². The van der Waals surface area contributed by atoms with Crippen molar-refractivity contribution >= 4 is 23.6 Å². The maximum atomic E-state index is 12.0. The molecule has 0 saturated heterocycles. The summed E-state index contributed by atoms with van der Waals surface area (Å²) < 4.78 is 4.72. The van der Waals surface area contributed by atoms with Crippen molar-refractivity contribution in [2.75, 3.05) is 12.9 Å². The molecule has 116 valence electrons. The van der Waals surface area contributed by atoms with Gasteiger partial charge in [0.2, 0.25) is 5.91 Å². The minimum Gasteiger partial charge on any atom is -0.507 e. The highest BCUT2D eigenvalue weighted by atomic mass is 32.2. The van der Waals surface area contributed by atoms with E-state index in [1.54, 1.807) is 24.3 Å². The second kappa shape index (κ2) is 8.56. The Hall–Kier alpha value is -1.69. The van der Waals surface area contributed by atoms with Crippen LogP contribution in [0.15, 0.2) is 29.2 Å². The molecule has 2 unspecified atom stereocenters. The van der Waals surface area contributed by atoms with Crippen LogP contribution in [0.5, 0.6) is 5.75 Å². The fourth-order valence-corrected chi connectivity index (χ4v) is 2.49. The standard InChI is InChI=1S/C15H21NO4S/c1-4-10(2)14(15(19)20-3)16-13(18)9-21-12-8-6-5-7-11(12)17/h5-8,10,14,17H,4,9H2,1-3H3,(H,16,18). The molecule has 0 aliphatic heterocycles. The molecular formula is C15H21NO4S. The van der Waals surface area contributed by atoms with Gasteiger partial charge >= 0.3 is 5.97 Å². The van der Waals surface area contributed by atoms with Gasteiger partial charge in [0.15, 0.2) is 0 Å². The molecule has 0 aliphatic carbocycles. The molecule has 0 fully saturated rings. The molecule has 0 aromatic heterocycles. The van der Waals surface area contributed by atoms with Crippen molar-refractivity contribution in [3.8, 4) is 5.75 Å². The van der Waals surface area contributed by atoms with Gasteiger partial charge < -0.3 is 15.2 Å². The summed E-state index contributed by atoms with van der Waals surface area (Å²) in [6, 6.07) is 6.17. The minimum absolute atomic E-state index is 0.00321. The summed E-state index contributed by atoms with van der Waals surface area (Å²) in [6.45, 7) is 3.83. The lowest BCUT2D eigenvalue weighted by atomic mass is 9.99. The molecule has 0 radical (unpaired) electrons. The molecule has 0 heterocycles. The van der Waals surface area contributed by atoms with Crippen LogP contribution in [0.25, 0.3) is 0 Å². The van der Waals surface area contributed by atoms with Gasteiger partial charge in [0.1, 0.15) is 11.8 Å². The Morgan fingerprint density at radius 1 is 1.38 bits per heavy atom.